The average molecular weight is 348 g/mol. The topological polar surface area (TPSA) is 23.6 Å². The molecule has 0 aromatic heterocycles. The van der Waals surface area contributed by atoms with E-state index in [1.165, 1.54) is 16.7 Å². The minimum atomic E-state index is -0.250. The lowest BCUT2D eigenvalue weighted by atomic mass is 9.63. The standard InChI is InChI=1S/C23H28N2O/c1-19-7-5-8-20(17-19)18-24-13-15-25(16-14-24)22(26)23(11-6-12-23)21-9-3-2-4-10-21/h2-5,7-10,17H,6,11-16,18H2,1H3. The molecule has 1 saturated carbocycles. The first-order chi connectivity index (χ1) is 12.7. The first-order valence-electron chi connectivity index (χ1n) is 9.80. The summed E-state index contributed by atoms with van der Waals surface area (Å²) in [6, 6.07) is 19.1. The van der Waals surface area contributed by atoms with Crippen molar-refractivity contribution in [2.45, 2.75) is 38.1 Å². The van der Waals surface area contributed by atoms with Crippen LogP contribution in [0.4, 0.5) is 0 Å². The van der Waals surface area contributed by atoms with Gasteiger partial charge in [0.15, 0.2) is 0 Å². The van der Waals surface area contributed by atoms with Crippen LogP contribution < -0.4 is 0 Å². The van der Waals surface area contributed by atoms with Crippen LogP contribution in [0.3, 0.4) is 0 Å². The lowest BCUT2D eigenvalue weighted by Crippen LogP contribution is -2.56. The Bertz CT molecular complexity index is 759. The molecule has 2 aliphatic rings. The van der Waals surface area contributed by atoms with Gasteiger partial charge in [0.05, 0.1) is 5.41 Å². The second-order valence-electron chi connectivity index (χ2n) is 7.86. The summed E-state index contributed by atoms with van der Waals surface area (Å²) < 4.78 is 0. The van der Waals surface area contributed by atoms with Crippen molar-refractivity contribution in [3.05, 3.63) is 71.3 Å². The maximum atomic E-state index is 13.3. The van der Waals surface area contributed by atoms with Gasteiger partial charge < -0.3 is 4.90 Å². The Hall–Kier alpha value is -2.13. The van der Waals surface area contributed by atoms with E-state index in [-0.39, 0.29) is 5.41 Å². The zero-order valence-corrected chi connectivity index (χ0v) is 15.7. The van der Waals surface area contributed by atoms with Crippen molar-refractivity contribution in [2.24, 2.45) is 0 Å². The maximum absolute atomic E-state index is 13.3. The van der Waals surface area contributed by atoms with E-state index in [9.17, 15) is 4.79 Å². The Kier molecular flexibility index (Phi) is 4.82. The molecule has 3 nitrogen and oxygen atoms in total. The van der Waals surface area contributed by atoms with E-state index in [1.807, 2.05) is 6.07 Å². The van der Waals surface area contributed by atoms with E-state index >= 15 is 0 Å². The number of hydrogen-bond acceptors (Lipinski definition) is 2. The van der Waals surface area contributed by atoms with Crippen LogP contribution in [0.1, 0.15) is 36.0 Å². The Morgan fingerprint density at radius 2 is 1.69 bits per heavy atom. The highest BCUT2D eigenvalue weighted by molar-refractivity contribution is 5.89. The van der Waals surface area contributed by atoms with Crippen molar-refractivity contribution in [3.63, 3.8) is 0 Å². The van der Waals surface area contributed by atoms with Crippen molar-refractivity contribution < 1.29 is 4.79 Å². The van der Waals surface area contributed by atoms with Crippen LogP contribution in [0.2, 0.25) is 0 Å². The quantitative estimate of drug-likeness (QED) is 0.840. The van der Waals surface area contributed by atoms with E-state index in [0.717, 1.165) is 52.0 Å². The van der Waals surface area contributed by atoms with Gasteiger partial charge in [0, 0.05) is 32.7 Å². The smallest absolute Gasteiger partial charge is 0.233 e. The fourth-order valence-electron chi connectivity index (χ4n) is 4.39. The lowest BCUT2D eigenvalue weighted by Gasteiger charge is -2.46. The molecule has 0 spiro atoms. The van der Waals surface area contributed by atoms with Crippen molar-refractivity contribution >= 4 is 5.91 Å². The molecule has 3 heteroatoms. The van der Waals surface area contributed by atoms with Crippen LogP contribution in [0.15, 0.2) is 54.6 Å². The molecule has 136 valence electrons. The highest BCUT2D eigenvalue weighted by atomic mass is 16.2. The number of nitrogens with zero attached hydrogens (tertiary/aromatic N) is 2. The Morgan fingerprint density at radius 1 is 0.962 bits per heavy atom. The molecule has 1 saturated heterocycles. The first-order valence-corrected chi connectivity index (χ1v) is 9.80. The second-order valence-corrected chi connectivity index (χ2v) is 7.86. The average Bonchev–Trinajstić information content (AvgIpc) is 2.62. The molecule has 0 radical (unpaired) electrons. The molecule has 0 unspecified atom stereocenters. The molecule has 1 amide bonds. The van der Waals surface area contributed by atoms with Gasteiger partial charge in [0.25, 0.3) is 0 Å². The number of carbonyl (C=O) groups excluding carboxylic acids is 1. The minimum absolute atomic E-state index is 0.250. The molecule has 1 heterocycles. The monoisotopic (exact) mass is 348 g/mol. The van der Waals surface area contributed by atoms with Crippen molar-refractivity contribution in [1.82, 2.24) is 9.80 Å². The SMILES string of the molecule is Cc1cccc(CN2CCN(C(=O)C3(c4ccccc4)CCC3)CC2)c1. The van der Waals surface area contributed by atoms with Gasteiger partial charge in [-0.3, -0.25) is 9.69 Å². The Morgan fingerprint density at radius 3 is 2.31 bits per heavy atom. The van der Waals surface area contributed by atoms with Crippen LogP contribution in [-0.4, -0.2) is 41.9 Å². The van der Waals surface area contributed by atoms with Crippen LogP contribution in [0.25, 0.3) is 0 Å². The molecule has 2 fully saturated rings. The predicted molar refractivity (Wildman–Crippen MR) is 105 cm³/mol. The Balaban J connectivity index is 1.39. The van der Waals surface area contributed by atoms with E-state index in [2.05, 4.69) is 65.3 Å². The predicted octanol–water partition coefficient (Wildman–Crippen LogP) is 3.76. The van der Waals surface area contributed by atoms with E-state index in [0.29, 0.717) is 5.91 Å². The van der Waals surface area contributed by atoms with Crippen LogP contribution in [-0.2, 0) is 16.8 Å². The summed E-state index contributed by atoms with van der Waals surface area (Å²) in [4.78, 5) is 17.9. The van der Waals surface area contributed by atoms with Gasteiger partial charge in [-0.05, 0) is 30.9 Å². The van der Waals surface area contributed by atoms with Gasteiger partial charge >= 0.3 is 0 Å². The zero-order chi connectivity index (χ0) is 18.0. The lowest BCUT2D eigenvalue weighted by molar-refractivity contribution is -0.142. The summed E-state index contributed by atoms with van der Waals surface area (Å²) in [5.41, 5.74) is 3.63. The highest BCUT2D eigenvalue weighted by Crippen LogP contribution is 2.45. The number of carbonyl (C=O) groups is 1. The number of piperazine rings is 1. The number of aryl methyl sites for hydroxylation is 1. The van der Waals surface area contributed by atoms with Crippen molar-refractivity contribution in [2.75, 3.05) is 26.2 Å². The molecule has 2 aromatic carbocycles. The molecule has 2 aromatic rings. The highest BCUT2D eigenvalue weighted by Gasteiger charge is 2.47. The summed E-state index contributed by atoms with van der Waals surface area (Å²) in [5, 5.41) is 0. The molecule has 1 aliphatic carbocycles. The van der Waals surface area contributed by atoms with Crippen LogP contribution in [0.5, 0.6) is 0 Å². The molecular formula is C23H28N2O. The fraction of sp³-hybridized carbons (Fsp3) is 0.435. The van der Waals surface area contributed by atoms with Gasteiger partial charge in [-0.1, -0.05) is 66.6 Å². The molecule has 0 N–H and O–H groups in total. The zero-order valence-electron chi connectivity index (χ0n) is 15.7. The summed E-state index contributed by atoms with van der Waals surface area (Å²) in [6.07, 6.45) is 3.16. The van der Waals surface area contributed by atoms with E-state index < -0.39 is 0 Å². The van der Waals surface area contributed by atoms with Gasteiger partial charge in [-0.25, -0.2) is 0 Å². The molecule has 1 aliphatic heterocycles. The maximum Gasteiger partial charge on any atom is 0.233 e. The molecule has 0 bridgehead atoms. The van der Waals surface area contributed by atoms with Crippen LogP contribution >= 0.6 is 0 Å². The third-order valence-corrected chi connectivity index (χ3v) is 6.09. The van der Waals surface area contributed by atoms with Gasteiger partial charge in [-0.2, -0.15) is 0 Å². The number of amides is 1. The van der Waals surface area contributed by atoms with E-state index in [4.69, 9.17) is 0 Å². The summed E-state index contributed by atoms with van der Waals surface area (Å²) >= 11 is 0. The second kappa shape index (κ2) is 7.24. The molecule has 4 rings (SSSR count). The van der Waals surface area contributed by atoms with Crippen molar-refractivity contribution in [1.29, 1.82) is 0 Å². The van der Waals surface area contributed by atoms with Crippen molar-refractivity contribution in [3.8, 4) is 0 Å². The molecule has 0 atom stereocenters. The fourth-order valence-corrected chi connectivity index (χ4v) is 4.39. The summed E-state index contributed by atoms with van der Waals surface area (Å²) in [5.74, 6) is 0.352. The van der Waals surface area contributed by atoms with Gasteiger partial charge in [-0.15, -0.1) is 0 Å². The van der Waals surface area contributed by atoms with Gasteiger partial charge in [0.2, 0.25) is 5.91 Å². The summed E-state index contributed by atoms with van der Waals surface area (Å²) in [6.45, 7) is 6.74. The Labute approximate surface area is 156 Å². The van der Waals surface area contributed by atoms with Gasteiger partial charge in [0.1, 0.15) is 0 Å². The molecule has 26 heavy (non-hydrogen) atoms. The normalized spacial score (nSPS) is 19.8. The number of benzene rings is 2. The minimum Gasteiger partial charge on any atom is -0.339 e. The summed E-state index contributed by atoms with van der Waals surface area (Å²) in [7, 11) is 0. The molecular weight excluding hydrogens is 320 g/mol. The third-order valence-electron chi connectivity index (χ3n) is 6.09. The third kappa shape index (κ3) is 3.28. The number of hydrogen-bond donors (Lipinski definition) is 0. The van der Waals surface area contributed by atoms with E-state index in [1.54, 1.807) is 0 Å². The number of rotatable bonds is 4. The first kappa shape index (κ1) is 17.3. The van der Waals surface area contributed by atoms with Crippen LogP contribution in [0, 0.1) is 6.92 Å². The largest absolute Gasteiger partial charge is 0.339 e.